The first kappa shape index (κ1) is 12.6. The summed E-state index contributed by atoms with van der Waals surface area (Å²) in [6, 6.07) is 5.54. The third-order valence-corrected chi connectivity index (χ3v) is 3.35. The van der Waals surface area contributed by atoms with Crippen LogP contribution in [0.15, 0.2) is 18.2 Å². The molecule has 0 spiro atoms. The number of rotatable bonds is 4. The van der Waals surface area contributed by atoms with Gasteiger partial charge in [0.1, 0.15) is 4.99 Å². The average molecular weight is 271 g/mol. The first-order valence-electron chi connectivity index (χ1n) is 5.61. The van der Waals surface area contributed by atoms with Crippen molar-refractivity contribution in [3.63, 3.8) is 0 Å². The van der Waals surface area contributed by atoms with Gasteiger partial charge in [0, 0.05) is 18.7 Å². The molecule has 0 aromatic heterocycles. The third kappa shape index (κ3) is 3.31. The zero-order valence-corrected chi connectivity index (χ0v) is 11.0. The molecule has 0 saturated carbocycles. The summed E-state index contributed by atoms with van der Waals surface area (Å²) in [7, 11) is 0. The summed E-state index contributed by atoms with van der Waals surface area (Å²) in [6.45, 7) is 1.65. The number of halogens is 1. The molecule has 0 aliphatic carbocycles. The Morgan fingerprint density at radius 2 is 2.41 bits per heavy atom. The van der Waals surface area contributed by atoms with Crippen LogP contribution in [0.5, 0.6) is 0 Å². The van der Waals surface area contributed by atoms with E-state index >= 15 is 0 Å². The summed E-state index contributed by atoms with van der Waals surface area (Å²) >= 11 is 11.0. The summed E-state index contributed by atoms with van der Waals surface area (Å²) in [6.07, 6.45) is 2.54. The lowest BCUT2D eigenvalue weighted by Crippen LogP contribution is -2.18. The second kappa shape index (κ2) is 5.67. The number of anilines is 1. The van der Waals surface area contributed by atoms with Gasteiger partial charge in [-0.3, -0.25) is 0 Å². The SMILES string of the molecule is NC(=S)c1ccc(NCC2CCCO2)c(Cl)c1. The maximum absolute atomic E-state index is 6.14. The number of hydrogen-bond acceptors (Lipinski definition) is 3. The predicted molar refractivity (Wildman–Crippen MR) is 74.8 cm³/mol. The van der Waals surface area contributed by atoms with Crippen molar-refractivity contribution in [3.8, 4) is 0 Å². The molecule has 1 fully saturated rings. The summed E-state index contributed by atoms with van der Waals surface area (Å²) < 4.78 is 5.53. The van der Waals surface area contributed by atoms with Crippen LogP contribution in [0, 0.1) is 0 Å². The molecule has 1 aliphatic rings. The van der Waals surface area contributed by atoms with Gasteiger partial charge in [-0.15, -0.1) is 0 Å². The molecule has 1 aliphatic heterocycles. The Morgan fingerprint density at radius 1 is 1.59 bits per heavy atom. The highest BCUT2D eigenvalue weighted by Crippen LogP contribution is 2.23. The van der Waals surface area contributed by atoms with Gasteiger partial charge in [0.2, 0.25) is 0 Å². The van der Waals surface area contributed by atoms with Gasteiger partial charge < -0.3 is 15.8 Å². The van der Waals surface area contributed by atoms with Crippen LogP contribution in [0.4, 0.5) is 5.69 Å². The van der Waals surface area contributed by atoms with Crippen LogP contribution in [-0.4, -0.2) is 24.2 Å². The molecule has 1 aromatic carbocycles. The maximum atomic E-state index is 6.14. The minimum atomic E-state index is 0.293. The van der Waals surface area contributed by atoms with Crippen molar-refractivity contribution in [3.05, 3.63) is 28.8 Å². The fourth-order valence-electron chi connectivity index (χ4n) is 1.84. The molecule has 5 heteroatoms. The van der Waals surface area contributed by atoms with Gasteiger partial charge in [0.05, 0.1) is 16.8 Å². The van der Waals surface area contributed by atoms with Crippen molar-refractivity contribution in [1.29, 1.82) is 0 Å². The van der Waals surface area contributed by atoms with Crippen molar-refractivity contribution in [1.82, 2.24) is 0 Å². The van der Waals surface area contributed by atoms with Crippen molar-refractivity contribution < 1.29 is 4.74 Å². The molecule has 17 heavy (non-hydrogen) atoms. The summed E-state index contributed by atoms with van der Waals surface area (Å²) in [5.41, 5.74) is 7.21. The first-order chi connectivity index (χ1) is 8.16. The van der Waals surface area contributed by atoms with E-state index in [1.807, 2.05) is 12.1 Å². The van der Waals surface area contributed by atoms with E-state index in [4.69, 9.17) is 34.3 Å². The molecule has 1 heterocycles. The van der Waals surface area contributed by atoms with Gasteiger partial charge in [-0.2, -0.15) is 0 Å². The molecule has 1 aromatic rings. The zero-order valence-electron chi connectivity index (χ0n) is 9.41. The molecule has 3 N–H and O–H groups in total. The fourth-order valence-corrected chi connectivity index (χ4v) is 2.22. The minimum Gasteiger partial charge on any atom is -0.389 e. The number of nitrogens with two attached hydrogens (primary N) is 1. The Hall–Kier alpha value is -0.840. The van der Waals surface area contributed by atoms with Crippen LogP contribution >= 0.6 is 23.8 Å². The number of benzene rings is 1. The predicted octanol–water partition coefficient (Wildman–Crippen LogP) is 2.57. The Labute approximate surface area is 111 Å². The third-order valence-electron chi connectivity index (χ3n) is 2.80. The highest BCUT2D eigenvalue weighted by molar-refractivity contribution is 7.80. The van der Waals surface area contributed by atoms with E-state index in [2.05, 4.69) is 5.32 Å². The van der Waals surface area contributed by atoms with E-state index in [1.54, 1.807) is 6.07 Å². The summed E-state index contributed by atoms with van der Waals surface area (Å²) in [4.78, 5) is 0.359. The average Bonchev–Trinajstić information content (AvgIpc) is 2.80. The Bertz CT molecular complexity index is 419. The lowest BCUT2D eigenvalue weighted by molar-refractivity contribution is 0.120. The standard InChI is InChI=1S/C12H15ClN2OS/c13-10-6-8(12(14)17)3-4-11(10)15-7-9-2-1-5-16-9/h3-4,6,9,15H,1-2,5,7H2,(H2,14,17). The molecule has 0 amide bonds. The van der Waals surface area contributed by atoms with Crippen molar-refractivity contribution in [2.45, 2.75) is 18.9 Å². The number of nitrogens with one attached hydrogen (secondary N) is 1. The smallest absolute Gasteiger partial charge is 0.104 e. The number of hydrogen-bond donors (Lipinski definition) is 2. The van der Waals surface area contributed by atoms with Crippen LogP contribution in [0.25, 0.3) is 0 Å². The summed E-state index contributed by atoms with van der Waals surface area (Å²) in [5.74, 6) is 0. The van der Waals surface area contributed by atoms with Gasteiger partial charge in [-0.1, -0.05) is 23.8 Å². The van der Waals surface area contributed by atoms with E-state index in [9.17, 15) is 0 Å². The first-order valence-corrected chi connectivity index (χ1v) is 6.40. The number of thiocarbonyl (C=S) groups is 1. The molecular weight excluding hydrogens is 256 g/mol. The molecule has 1 saturated heterocycles. The van der Waals surface area contributed by atoms with E-state index in [0.717, 1.165) is 37.2 Å². The minimum absolute atomic E-state index is 0.293. The molecule has 0 radical (unpaired) electrons. The van der Waals surface area contributed by atoms with Crippen molar-refractivity contribution in [2.75, 3.05) is 18.5 Å². The lowest BCUT2D eigenvalue weighted by Gasteiger charge is -2.13. The van der Waals surface area contributed by atoms with Gasteiger partial charge in [-0.25, -0.2) is 0 Å². The molecule has 1 unspecified atom stereocenters. The van der Waals surface area contributed by atoms with Gasteiger partial charge in [0.15, 0.2) is 0 Å². The Morgan fingerprint density at radius 3 is 3.00 bits per heavy atom. The van der Waals surface area contributed by atoms with Crippen LogP contribution < -0.4 is 11.1 Å². The normalized spacial score (nSPS) is 19.2. The summed E-state index contributed by atoms with van der Waals surface area (Å²) in [5, 5.41) is 3.91. The number of ether oxygens (including phenoxy) is 1. The van der Waals surface area contributed by atoms with Crippen LogP contribution in [0.3, 0.4) is 0 Å². The van der Waals surface area contributed by atoms with Crippen molar-refractivity contribution in [2.24, 2.45) is 5.73 Å². The van der Waals surface area contributed by atoms with Crippen LogP contribution in [0.1, 0.15) is 18.4 Å². The van der Waals surface area contributed by atoms with Crippen LogP contribution in [-0.2, 0) is 4.74 Å². The lowest BCUT2D eigenvalue weighted by atomic mass is 10.2. The molecule has 1 atom stereocenters. The second-order valence-corrected chi connectivity index (χ2v) is 4.92. The molecular formula is C12H15ClN2OS. The van der Waals surface area contributed by atoms with Crippen LogP contribution in [0.2, 0.25) is 5.02 Å². The van der Waals surface area contributed by atoms with E-state index in [0.29, 0.717) is 16.1 Å². The largest absolute Gasteiger partial charge is 0.389 e. The molecule has 92 valence electrons. The van der Waals surface area contributed by atoms with E-state index < -0.39 is 0 Å². The van der Waals surface area contributed by atoms with Crippen molar-refractivity contribution >= 4 is 34.5 Å². The monoisotopic (exact) mass is 270 g/mol. The molecule has 3 nitrogen and oxygen atoms in total. The topological polar surface area (TPSA) is 47.3 Å². The Kier molecular flexibility index (Phi) is 4.20. The highest BCUT2D eigenvalue weighted by atomic mass is 35.5. The van der Waals surface area contributed by atoms with Gasteiger partial charge in [-0.05, 0) is 31.0 Å². The highest BCUT2D eigenvalue weighted by Gasteiger charge is 2.15. The molecule has 2 rings (SSSR count). The Balaban J connectivity index is 1.98. The molecule has 0 bridgehead atoms. The maximum Gasteiger partial charge on any atom is 0.104 e. The fraction of sp³-hybridized carbons (Fsp3) is 0.417. The zero-order chi connectivity index (χ0) is 12.3. The van der Waals surface area contributed by atoms with E-state index in [-0.39, 0.29) is 0 Å². The van der Waals surface area contributed by atoms with Gasteiger partial charge in [0.25, 0.3) is 0 Å². The van der Waals surface area contributed by atoms with Gasteiger partial charge >= 0.3 is 0 Å². The van der Waals surface area contributed by atoms with E-state index in [1.165, 1.54) is 0 Å². The second-order valence-electron chi connectivity index (χ2n) is 4.07. The quantitative estimate of drug-likeness (QED) is 0.826.